The number of amides is 1. The van der Waals surface area contributed by atoms with Crippen LogP contribution in [0.25, 0.3) is 11.0 Å². The van der Waals surface area contributed by atoms with Gasteiger partial charge < -0.3 is 20.2 Å². The van der Waals surface area contributed by atoms with E-state index < -0.39 is 5.63 Å². The van der Waals surface area contributed by atoms with Gasteiger partial charge in [0.25, 0.3) is 5.91 Å². The van der Waals surface area contributed by atoms with Gasteiger partial charge in [0.05, 0.1) is 5.56 Å². The second-order valence-corrected chi connectivity index (χ2v) is 6.05. The summed E-state index contributed by atoms with van der Waals surface area (Å²) in [6.07, 6.45) is 0. The number of benzene rings is 2. The largest absolute Gasteiger partial charge is 0.491 e. The van der Waals surface area contributed by atoms with E-state index in [1.165, 1.54) is 6.07 Å². The first-order valence-electron chi connectivity index (χ1n) is 8.27. The third kappa shape index (κ3) is 3.75. The lowest BCUT2D eigenvalue weighted by Gasteiger charge is -2.12. The zero-order valence-corrected chi connectivity index (χ0v) is 14.7. The van der Waals surface area contributed by atoms with Crippen LogP contribution in [0.2, 0.25) is 0 Å². The fraction of sp³-hybridized carbons (Fsp3) is 0.200. The quantitative estimate of drug-likeness (QED) is 0.688. The highest BCUT2D eigenvalue weighted by atomic mass is 16.5. The number of fused-ring (bicyclic) bond motifs is 1. The van der Waals surface area contributed by atoms with Crippen LogP contribution in [0.3, 0.4) is 0 Å². The van der Waals surface area contributed by atoms with E-state index in [4.69, 9.17) is 14.9 Å². The van der Waals surface area contributed by atoms with Gasteiger partial charge >= 0.3 is 5.63 Å². The Kier molecular flexibility index (Phi) is 5.04. The third-order valence-corrected chi connectivity index (χ3v) is 3.96. The molecule has 6 heteroatoms. The van der Waals surface area contributed by atoms with E-state index in [1.807, 2.05) is 26.0 Å². The van der Waals surface area contributed by atoms with Crippen molar-refractivity contribution in [1.82, 2.24) is 0 Å². The van der Waals surface area contributed by atoms with Gasteiger partial charge in [0.15, 0.2) is 0 Å². The molecule has 0 radical (unpaired) electrons. The molecule has 0 fully saturated rings. The number of carbonyl (C=O) groups excluding carboxylic acids is 1. The highest BCUT2D eigenvalue weighted by Crippen LogP contribution is 2.24. The van der Waals surface area contributed by atoms with Gasteiger partial charge in [-0.05, 0) is 43.7 Å². The van der Waals surface area contributed by atoms with Gasteiger partial charge in [-0.3, -0.25) is 4.79 Å². The monoisotopic (exact) mass is 352 g/mol. The lowest BCUT2D eigenvalue weighted by molar-refractivity contribution is 0.102. The predicted octanol–water partition coefficient (Wildman–Crippen LogP) is 3.00. The van der Waals surface area contributed by atoms with E-state index in [-0.39, 0.29) is 5.91 Å². The SMILES string of the molecule is Cc1ccc(OCCN)c(C(=O)Nc2ccc3c(C)cc(=O)oc3c2)c1. The molecule has 0 spiro atoms. The zero-order chi connectivity index (χ0) is 18.7. The highest BCUT2D eigenvalue weighted by Gasteiger charge is 2.14. The number of nitrogens with two attached hydrogens (primary N) is 1. The van der Waals surface area contributed by atoms with Crippen molar-refractivity contribution in [2.75, 3.05) is 18.5 Å². The average Bonchev–Trinajstić information content (AvgIpc) is 2.60. The molecule has 134 valence electrons. The van der Waals surface area contributed by atoms with Gasteiger partial charge in [0.1, 0.15) is 17.9 Å². The Balaban J connectivity index is 1.92. The number of anilines is 1. The molecule has 3 N–H and O–H groups in total. The smallest absolute Gasteiger partial charge is 0.336 e. The lowest BCUT2D eigenvalue weighted by atomic mass is 10.1. The number of hydrogen-bond donors (Lipinski definition) is 2. The minimum Gasteiger partial charge on any atom is -0.491 e. The molecule has 3 aromatic rings. The van der Waals surface area contributed by atoms with Crippen LogP contribution in [0.1, 0.15) is 21.5 Å². The standard InChI is InChI=1S/C20H20N2O4/c1-12-3-6-17(25-8-7-21)16(9-12)20(24)22-14-4-5-15-13(2)10-19(23)26-18(15)11-14/h3-6,9-11H,7-8,21H2,1-2H3,(H,22,24). The van der Waals surface area contributed by atoms with Gasteiger partial charge in [-0.15, -0.1) is 0 Å². The van der Waals surface area contributed by atoms with Crippen molar-refractivity contribution in [1.29, 1.82) is 0 Å². The molecule has 1 aromatic heterocycles. The molecule has 0 bridgehead atoms. The number of ether oxygens (including phenoxy) is 1. The topological polar surface area (TPSA) is 94.6 Å². The van der Waals surface area contributed by atoms with Crippen molar-refractivity contribution in [3.05, 3.63) is 69.6 Å². The number of rotatable bonds is 5. The minimum absolute atomic E-state index is 0.310. The molecule has 0 aliphatic carbocycles. The minimum atomic E-state index is -0.422. The summed E-state index contributed by atoms with van der Waals surface area (Å²) in [5.74, 6) is 0.164. The van der Waals surface area contributed by atoms with Gasteiger partial charge in [0, 0.05) is 29.8 Å². The first kappa shape index (κ1) is 17.7. The molecule has 0 aliphatic rings. The molecule has 0 saturated heterocycles. The molecule has 1 heterocycles. The maximum atomic E-state index is 12.7. The van der Waals surface area contributed by atoms with Crippen LogP contribution in [0.15, 0.2) is 51.7 Å². The van der Waals surface area contributed by atoms with Crippen LogP contribution in [-0.2, 0) is 0 Å². The Labute approximate surface area is 150 Å². The third-order valence-electron chi connectivity index (χ3n) is 3.96. The van der Waals surface area contributed by atoms with E-state index in [1.54, 1.807) is 24.3 Å². The van der Waals surface area contributed by atoms with Crippen LogP contribution in [-0.4, -0.2) is 19.1 Å². The maximum absolute atomic E-state index is 12.7. The Hall–Kier alpha value is -3.12. The molecule has 0 atom stereocenters. The second kappa shape index (κ2) is 7.41. The van der Waals surface area contributed by atoms with E-state index in [0.29, 0.717) is 35.7 Å². The summed E-state index contributed by atoms with van der Waals surface area (Å²) in [5, 5.41) is 3.65. The molecule has 0 saturated carbocycles. The Bertz CT molecular complexity index is 1020. The number of carbonyl (C=O) groups is 1. The van der Waals surface area contributed by atoms with Crippen molar-refractivity contribution in [3.63, 3.8) is 0 Å². The predicted molar refractivity (Wildman–Crippen MR) is 101 cm³/mol. The molecule has 6 nitrogen and oxygen atoms in total. The fourth-order valence-corrected chi connectivity index (χ4v) is 2.72. The van der Waals surface area contributed by atoms with Crippen LogP contribution in [0.4, 0.5) is 5.69 Å². The molecular weight excluding hydrogens is 332 g/mol. The lowest BCUT2D eigenvalue weighted by Crippen LogP contribution is -2.16. The van der Waals surface area contributed by atoms with E-state index >= 15 is 0 Å². The Morgan fingerprint density at radius 2 is 1.96 bits per heavy atom. The first-order valence-corrected chi connectivity index (χ1v) is 8.27. The van der Waals surface area contributed by atoms with Gasteiger partial charge in [-0.2, -0.15) is 0 Å². The van der Waals surface area contributed by atoms with Crippen LogP contribution in [0.5, 0.6) is 5.75 Å². The van der Waals surface area contributed by atoms with E-state index in [0.717, 1.165) is 16.5 Å². The van der Waals surface area contributed by atoms with Crippen molar-refractivity contribution in [2.45, 2.75) is 13.8 Å². The number of nitrogens with one attached hydrogen (secondary N) is 1. The van der Waals surface area contributed by atoms with E-state index in [2.05, 4.69) is 5.32 Å². The molecule has 3 rings (SSSR count). The van der Waals surface area contributed by atoms with Gasteiger partial charge in [-0.25, -0.2) is 4.79 Å². The summed E-state index contributed by atoms with van der Waals surface area (Å²) in [5.41, 5.74) is 8.19. The first-order chi connectivity index (χ1) is 12.5. The van der Waals surface area contributed by atoms with Crippen LogP contribution >= 0.6 is 0 Å². The summed E-state index contributed by atoms with van der Waals surface area (Å²) in [7, 11) is 0. The molecule has 1 amide bonds. The van der Waals surface area contributed by atoms with Gasteiger partial charge in [0.2, 0.25) is 0 Å². The zero-order valence-electron chi connectivity index (χ0n) is 14.7. The molecule has 26 heavy (non-hydrogen) atoms. The summed E-state index contributed by atoms with van der Waals surface area (Å²) in [6.45, 7) is 4.42. The molecular formula is C20H20N2O4. The van der Waals surface area contributed by atoms with Crippen molar-refractivity contribution < 1.29 is 13.9 Å². The Morgan fingerprint density at radius 3 is 2.73 bits per heavy atom. The molecule has 0 aliphatic heterocycles. The summed E-state index contributed by atoms with van der Waals surface area (Å²) in [6, 6.07) is 12.0. The van der Waals surface area contributed by atoms with Crippen LogP contribution < -0.4 is 21.4 Å². The number of hydrogen-bond acceptors (Lipinski definition) is 5. The second-order valence-electron chi connectivity index (χ2n) is 6.05. The fourth-order valence-electron chi connectivity index (χ4n) is 2.72. The summed E-state index contributed by atoms with van der Waals surface area (Å²) in [4.78, 5) is 24.3. The highest BCUT2D eigenvalue weighted by molar-refractivity contribution is 6.07. The van der Waals surface area contributed by atoms with Crippen molar-refractivity contribution >= 4 is 22.6 Å². The summed E-state index contributed by atoms with van der Waals surface area (Å²) >= 11 is 0. The normalized spacial score (nSPS) is 10.7. The average molecular weight is 352 g/mol. The van der Waals surface area contributed by atoms with E-state index in [9.17, 15) is 9.59 Å². The molecule has 2 aromatic carbocycles. The Morgan fingerprint density at radius 1 is 1.15 bits per heavy atom. The number of aryl methyl sites for hydroxylation is 2. The van der Waals surface area contributed by atoms with Crippen LogP contribution in [0, 0.1) is 13.8 Å². The van der Waals surface area contributed by atoms with Crippen molar-refractivity contribution in [2.24, 2.45) is 5.73 Å². The van der Waals surface area contributed by atoms with Gasteiger partial charge in [-0.1, -0.05) is 11.6 Å². The maximum Gasteiger partial charge on any atom is 0.336 e. The molecule has 0 unspecified atom stereocenters. The van der Waals surface area contributed by atoms with Crippen molar-refractivity contribution in [3.8, 4) is 5.75 Å². The summed E-state index contributed by atoms with van der Waals surface area (Å²) < 4.78 is 10.8.